The van der Waals surface area contributed by atoms with E-state index in [1.807, 2.05) is 0 Å². The Balaban J connectivity index is 2.18. The molecular formula is C19H31NO. The zero-order valence-electron chi connectivity index (χ0n) is 14.2. The Bertz CT molecular complexity index is 449. The predicted molar refractivity (Wildman–Crippen MR) is 89.9 cm³/mol. The Kier molecular flexibility index (Phi) is 5.45. The second kappa shape index (κ2) is 6.93. The first-order valence-electron chi connectivity index (χ1n) is 8.40. The monoisotopic (exact) mass is 289 g/mol. The largest absolute Gasteiger partial charge is 0.376 e. The average Bonchev–Trinajstić information content (AvgIpc) is 2.44. The van der Waals surface area contributed by atoms with E-state index in [1.54, 1.807) is 5.56 Å². The van der Waals surface area contributed by atoms with E-state index in [0.29, 0.717) is 0 Å². The molecule has 1 aliphatic rings. The lowest BCUT2D eigenvalue weighted by Crippen LogP contribution is -2.42. The quantitative estimate of drug-likeness (QED) is 0.852. The van der Waals surface area contributed by atoms with Gasteiger partial charge in [0.1, 0.15) is 0 Å². The summed E-state index contributed by atoms with van der Waals surface area (Å²) in [5.41, 5.74) is 3.29. The van der Waals surface area contributed by atoms with Gasteiger partial charge in [-0.05, 0) is 64.1 Å². The van der Waals surface area contributed by atoms with Crippen LogP contribution in [0.2, 0.25) is 0 Å². The fourth-order valence-electron chi connectivity index (χ4n) is 3.46. The van der Waals surface area contributed by atoms with Crippen molar-refractivity contribution in [3.05, 3.63) is 35.4 Å². The van der Waals surface area contributed by atoms with E-state index in [1.165, 1.54) is 24.8 Å². The van der Waals surface area contributed by atoms with E-state index >= 15 is 0 Å². The second-order valence-electron chi connectivity index (χ2n) is 7.28. The SMILES string of the molecule is CCNCC1(CCOC(C)(C)C)CCCc2ccccc21. The van der Waals surface area contributed by atoms with Gasteiger partial charge < -0.3 is 10.1 Å². The maximum absolute atomic E-state index is 6.02. The van der Waals surface area contributed by atoms with E-state index in [-0.39, 0.29) is 11.0 Å². The van der Waals surface area contributed by atoms with Crippen molar-refractivity contribution in [3.8, 4) is 0 Å². The van der Waals surface area contributed by atoms with Crippen LogP contribution >= 0.6 is 0 Å². The molecule has 0 fully saturated rings. The van der Waals surface area contributed by atoms with Crippen molar-refractivity contribution >= 4 is 0 Å². The minimum absolute atomic E-state index is 0.0481. The van der Waals surface area contributed by atoms with Gasteiger partial charge in [0, 0.05) is 18.6 Å². The summed E-state index contributed by atoms with van der Waals surface area (Å²) in [5, 5.41) is 3.59. The number of likely N-dealkylation sites (N-methyl/N-ethyl adjacent to an activating group) is 1. The highest BCUT2D eigenvalue weighted by Crippen LogP contribution is 2.40. The molecule has 0 saturated heterocycles. The summed E-state index contributed by atoms with van der Waals surface area (Å²) < 4.78 is 6.02. The smallest absolute Gasteiger partial charge is 0.0598 e. The Morgan fingerprint density at radius 2 is 2.00 bits per heavy atom. The van der Waals surface area contributed by atoms with Gasteiger partial charge in [0.2, 0.25) is 0 Å². The molecule has 1 aliphatic carbocycles. The van der Waals surface area contributed by atoms with E-state index in [9.17, 15) is 0 Å². The minimum Gasteiger partial charge on any atom is -0.376 e. The Hall–Kier alpha value is -0.860. The van der Waals surface area contributed by atoms with Crippen LogP contribution in [0.5, 0.6) is 0 Å². The first-order valence-corrected chi connectivity index (χ1v) is 8.40. The van der Waals surface area contributed by atoms with Gasteiger partial charge in [-0.3, -0.25) is 0 Å². The molecule has 2 heteroatoms. The summed E-state index contributed by atoms with van der Waals surface area (Å²) in [6.07, 6.45) is 4.89. The van der Waals surface area contributed by atoms with Gasteiger partial charge in [-0.1, -0.05) is 31.2 Å². The lowest BCUT2D eigenvalue weighted by Gasteiger charge is -2.40. The lowest BCUT2D eigenvalue weighted by atomic mass is 9.68. The number of aryl methyl sites for hydroxylation is 1. The number of benzene rings is 1. The van der Waals surface area contributed by atoms with E-state index in [0.717, 1.165) is 26.1 Å². The number of fused-ring (bicyclic) bond motifs is 1. The molecule has 2 nitrogen and oxygen atoms in total. The summed E-state index contributed by atoms with van der Waals surface area (Å²) in [5.74, 6) is 0. The molecule has 1 atom stereocenters. The van der Waals surface area contributed by atoms with Crippen LogP contribution in [0.25, 0.3) is 0 Å². The molecule has 21 heavy (non-hydrogen) atoms. The molecule has 2 rings (SSSR count). The summed E-state index contributed by atoms with van der Waals surface area (Å²) in [7, 11) is 0. The second-order valence-corrected chi connectivity index (χ2v) is 7.28. The molecule has 1 N–H and O–H groups in total. The summed E-state index contributed by atoms with van der Waals surface area (Å²) in [6, 6.07) is 9.01. The van der Waals surface area contributed by atoms with Gasteiger partial charge in [0.15, 0.2) is 0 Å². The number of rotatable bonds is 6. The van der Waals surface area contributed by atoms with Crippen molar-refractivity contribution < 1.29 is 4.74 Å². The highest BCUT2D eigenvalue weighted by Gasteiger charge is 2.35. The number of ether oxygens (including phenoxy) is 1. The third kappa shape index (κ3) is 4.31. The fourth-order valence-corrected chi connectivity index (χ4v) is 3.46. The van der Waals surface area contributed by atoms with E-state index in [2.05, 4.69) is 57.3 Å². The summed E-state index contributed by atoms with van der Waals surface area (Å²) in [4.78, 5) is 0. The number of nitrogens with one attached hydrogen (secondary N) is 1. The molecule has 1 aromatic carbocycles. The molecule has 0 heterocycles. The predicted octanol–water partition coefficient (Wildman–Crippen LogP) is 4.08. The van der Waals surface area contributed by atoms with Crippen LogP contribution in [0.15, 0.2) is 24.3 Å². The third-order valence-corrected chi connectivity index (χ3v) is 4.52. The van der Waals surface area contributed by atoms with Gasteiger partial charge in [-0.25, -0.2) is 0 Å². The summed E-state index contributed by atoms with van der Waals surface area (Å²) >= 11 is 0. The first-order chi connectivity index (χ1) is 9.97. The Morgan fingerprint density at radius 3 is 2.71 bits per heavy atom. The molecule has 1 unspecified atom stereocenters. The van der Waals surface area contributed by atoms with Crippen molar-refractivity contribution in [2.75, 3.05) is 19.7 Å². The van der Waals surface area contributed by atoms with Crippen molar-refractivity contribution in [2.24, 2.45) is 0 Å². The standard InChI is InChI=1S/C19H31NO/c1-5-20-15-19(13-14-21-18(2,3)4)12-8-10-16-9-6-7-11-17(16)19/h6-7,9,11,20H,5,8,10,12-15H2,1-4H3. The minimum atomic E-state index is -0.0481. The maximum atomic E-state index is 6.02. The van der Waals surface area contributed by atoms with Crippen molar-refractivity contribution in [3.63, 3.8) is 0 Å². The first kappa shape index (κ1) is 16.5. The zero-order chi connectivity index (χ0) is 15.3. The number of hydrogen-bond acceptors (Lipinski definition) is 2. The molecule has 0 spiro atoms. The van der Waals surface area contributed by atoms with Gasteiger partial charge in [0.05, 0.1) is 5.60 Å². The molecule has 0 bridgehead atoms. The molecule has 0 aliphatic heterocycles. The molecule has 0 amide bonds. The third-order valence-electron chi connectivity index (χ3n) is 4.52. The normalized spacial score (nSPS) is 22.1. The van der Waals surface area contributed by atoms with Gasteiger partial charge in [0.25, 0.3) is 0 Å². The molecule has 1 aromatic rings. The van der Waals surface area contributed by atoms with Crippen LogP contribution in [0.3, 0.4) is 0 Å². The molecule has 118 valence electrons. The van der Waals surface area contributed by atoms with Crippen LogP contribution in [-0.4, -0.2) is 25.3 Å². The van der Waals surface area contributed by atoms with Gasteiger partial charge >= 0.3 is 0 Å². The molecule has 0 radical (unpaired) electrons. The zero-order valence-corrected chi connectivity index (χ0v) is 14.2. The van der Waals surface area contributed by atoms with Crippen molar-refractivity contribution in [1.29, 1.82) is 0 Å². The topological polar surface area (TPSA) is 21.3 Å². The molecular weight excluding hydrogens is 258 g/mol. The van der Waals surface area contributed by atoms with Crippen LogP contribution in [0.1, 0.15) is 58.1 Å². The fraction of sp³-hybridized carbons (Fsp3) is 0.684. The Morgan fingerprint density at radius 1 is 1.24 bits per heavy atom. The van der Waals surface area contributed by atoms with Gasteiger partial charge in [-0.15, -0.1) is 0 Å². The average molecular weight is 289 g/mol. The van der Waals surface area contributed by atoms with Gasteiger partial charge in [-0.2, -0.15) is 0 Å². The van der Waals surface area contributed by atoms with Crippen LogP contribution < -0.4 is 5.32 Å². The van der Waals surface area contributed by atoms with E-state index in [4.69, 9.17) is 4.74 Å². The van der Waals surface area contributed by atoms with Crippen molar-refractivity contribution in [2.45, 2.75) is 64.4 Å². The highest BCUT2D eigenvalue weighted by molar-refractivity contribution is 5.37. The summed E-state index contributed by atoms with van der Waals surface area (Å²) in [6.45, 7) is 11.5. The van der Waals surface area contributed by atoms with Crippen LogP contribution in [0, 0.1) is 0 Å². The van der Waals surface area contributed by atoms with Crippen LogP contribution in [-0.2, 0) is 16.6 Å². The highest BCUT2D eigenvalue weighted by atomic mass is 16.5. The lowest BCUT2D eigenvalue weighted by molar-refractivity contribution is -0.0130. The maximum Gasteiger partial charge on any atom is 0.0598 e. The van der Waals surface area contributed by atoms with Crippen LogP contribution in [0.4, 0.5) is 0 Å². The molecule has 0 aromatic heterocycles. The van der Waals surface area contributed by atoms with E-state index < -0.39 is 0 Å². The Labute approximate surface area is 130 Å². The molecule has 0 saturated carbocycles. The number of hydrogen-bond donors (Lipinski definition) is 1. The van der Waals surface area contributed by atoms with Crippen molar-refractivity contribution in [1.82, 2.24) is 5.32 Å².